The van der Waals surface area contributed by atoms with E-state index in [0.717, 1.165) is 12.1 Å². The van der Waals surface area contributed by atoms with Crippen LogP contribution >= 0.6 is 0 Å². The van der Waals surface area contributed by atoms with Crippen molar-refractivity contribution in [3.8, 4) is 34.3 Å². The smallest absolute Gasteiger partial charge is 0.446 e. The molecule has 0 aliphatic carbocycles. The lowest BCUT2D eigenvalue weighted by Gasteiger charge is -2.14. The number of phenolic OH excluding ortho intramolecular Hbond substituents is 1. The fourth-order valence-corrected chi connectivity index (χ4v) is 4.10. The van der Waals surface area contributed by atoms with Crippen LogP contribution in [0, 0.1) is 10.1 Å². The van der Waals surface area contributed by atoms with Crippen molar-refractivity contribution in [2.24, 2.45) is 0 Å². The summed E-state index contributed by atoms with van der Waals surface area (Å²) in [5.41, 5.74) is -2.68. The van der Waals surface area contributed by atoms with Crippen LogP contribution < -0.4 is 14.3 Å². The predicted octanol–water partition coefficient (Wildman–Crippen LogP) is 2.69. The van der Waals surface area contributed by atoms with Crippen LogP contribution in [-0.2, 0) is 21.6 Å². The Morgan fingerprint density at radius 3 is 2.40 bits per heavy atom. The number of rotatable bonds is 7. The molecule has 1 saturated heterocycles. The molecule has 14 heteroatoms. The molecular formula is C21H19NO12S. The van der Waals surface area contributed by atoms with Crippen LogP contribution in [0.2, 0.25) is 0 Å². The van der Waals surface area contributed by atoms with Gasteiger partial charge < -0.3 is 28.3 Å². The van der Waals surface area contributed by atoms with Crippen molar-refractivity contribution < 1.29 is 46.2 Å². The molecule has 3 N–H and O–H groups in total. The summed E-state index contributed by atoms with van der Waals surface area (Å²) >= 11 is 0. The minimum absolute atomic E-state index is 0.0626. The van der Waals surface area contributed by atoms with E-state index in [1.165, 1.54) is 19.2 Å². The summed E-state index contributed by atoms with van der Waals surface area (Å²) < 4.78 is 52.8. The number of aromatic hydroxyl groups is 2. The maximum atomic E-state index is 13.0. The largest absolute Gasteiger partial charge is 0.507 e. The summed E-state index contributed by atoms with van der Waals surface area (Å²) in [5.74, 6) is -2.87. The maximum Gasteiger partial charge on any atom is 0.446 e. The topological polar surface area (TPSA) is 199 Å². The van der Waals surface area contributed by atoms with Crippen molar-refractivity contribution in [2.75, 3.05) is 7.11 Å². The van der Waals surface area contributed by atoms with Crippen LogP contribution in [0.3, 0.4) is 0 Å². The molecule has 186 valence electrons. The second-order valence-electron chi connectivity index (χ2n) is 8.25. The Morgan fingerprint density at radius 1 is 1.20 bits per heavy atom. The monoisotopic (exact) mass is 509 g/mol. The summed E-state index contributed by atoms with van der Waals surface area (Å²) in [6.45, 7) is 3.51. The fraction of sp³-hybridized carbons (Fsp3) is 0.286. The van der Waals surface area contributed by atoms with Crippen molar-refractivity contribution in [3.63, 3.8) is 0 Å². The van der Waals surface area contributed by atoms with Crippen LogP contribution in [0.5, 0.6) is 23.0 Å². The fourth-order valence-electron chi connectivity index (χ4n) is 3.72. The van der Waals surface area contributed by atoms with Crippen molar-refractivity contribution in [3.05, 3.63) is 50.2 Å². The van der Waals surface area contributed by atoms with Gasteiger partial charge >= 0.3 is 16.1 Å². The number of methoxy groups -OCH3 is 1. The van der Waals surface area contributed by atoms with Gasteiger partial charge in [-0.1, -0.05) is 0 Å². The van der Waals surface area contributed by atoms with Crippen LogP contribution in [0.15, 0.2) is 33.5 Å². The van der Waals surface area contributed by atoms with Gasteiger partial charge in [-0.15, -0.1) is 0 Å². The van der Waals surface area contributed by atoms with Gasteiger partial charge in [0, 0.05) is 29.7 Å². The third-order valence-electron chi connectivity index (χ3n) is 5.57. The maximum absolute atomic E-state index is 13.0. The molecule has 1 aliphatic rings. The van der Waals surface area contributed by atoms with Crippen LogP contribution in [0.4, 0.5) is 5.69 Å². The van der Waals surface area contributed by atoms with Gasteiger partial charge in [-0.3, -0.25) is 19.5 Å². The van der Waals surface area contributed by atoms with Crippen molar-refractivity contribution in [2.45, 2.75) is 32.0 Å². The zero-order valence-electron chi connectivity index (χ0n) is 18.5. The number of epoxide rings is 1. The third-order valence-corrected chi connectivity index (χ3v) is 5.96. The Labute approximate surface area is 197 Å². The molecular weight excluding hydrogens is 490 g/mol. The first-order chi connectivity index (χ1) is 16.2. The number of phenols is 1. The first kappa shape index (κ1) is 24.3. The number of nitro groups is 1. The number of benzene rings is 2. The van der Waals surface area contributed by atoms with E-state index in [0.29, 0.717) is 0 Å². The number of nitro benzene ring substituents is 1. The number of ether oxygens (including phenoxy) is 2. The van der Waals surface area contributed by atoms with Crippen LogP contribution in [0.1, 0.15) is 19.4 Å². The lowest BCUT2D eigenvalue weighted by molar-refractivity contribution is -0.385. The molecule has 0 bridgehead atoms. The molecule has 1 aliphatic heterocycles. The molecule has 1 atom stereocenters. The van der Waals surface area contributed by atoms with E-state index >= 15 is 0 Å². The van der Waals surface area contributed by atoms with Crippen LogP contribution in [0.25, 0.3) is 22.3 Å². The van der Waals surface area contributed by atoms with E-state index in [2.05, 4.69) is 4.18 Å². The second-order valence-corrected chi connectivity index (χ2v) is 9.28. The van der Waals surface area contributed by atoms with E-state index in [4.69, 9.17) is 13.9 Å². The molecule has 0 saturated carbocycles. The summed E-state index contributed by atoms with van der Waals surface area (Å²) in [6, 6.07) is 4.32. The van der Waals surface area contributed by atoms with E-state index in [9.17, 15) is 38.1 Å². The van der Waals surface area contributed by atoms with E-state index < -0.39 is 66.5 Å². The molecule has 3 aromatic rings. The van der Waals surface area contributed by atoms with E-state index in [-0.39, 0.29) is 28.9 Å². The molecule has 1 unspecified atom stereocenters. The highest BCUT2D eigenvalue weighted by molar-refractivity contribution is 7.81. The molecule has 0 amide bonds. The molecule has 1 aromatic heterocycles. The Kier molecular flexibility index (Phi) is 5.62. The molecule has 0 radical (unpaired) electrons. The van der Waals surface area contributed by atoms with Gasteiger partial charge in [0.15, 0.2) is 17.3 Å². The number of fused-ring (bicyclic) bond motifs is 1. The van der Waals surface area contributed by atoms with Crippen molar-refractivity contribution in [1.29, 1.82) is 0 Å². The Balaban J connectivity index is 2.03. The van der Waals surface area contributed by atoms with Crippen LogP contribution in [-0.4, -0.2) is 46.9 Å². The highest BCUT2D eigenvalue weighted by Gasteiger charge is 2.48. The first-order valence-electron chi connectivity index (χ1n) is 9.95. The quantitative estimate of drug-likeness (QED) is 0.182. The first-order valence-corrected chi connectivity index (χ1v) is 11.3. The molecule has 2 heterocycles. The molecule has 4 rings (SSSR count). The molecule has 35 heavy (non-hydrogen) atoms. The summed E-state index contributed by atoms with van der Waals surface area (Å²) in [6.07, 6.45) is -0.534. The molecule has 13 nitrogen and oxygen atoms in total. The van der Waals surface area contributed by atoms with E-state index in [1.54, 1.807) is 13.8 Å². The SMILES string of the molecule is COc1ccc(-c2oc3c(CC4OC4(C)C)c(OS(=O)(=O)O)cc(O)c3c(=O)c2O)cc1[N+](=O)[O-]. The van der Waals surface area contributed by atoms with E-state index in [1.807, 2.05) is 0 Å². The van der Waals surface area contributed by atoms with Gasteiger partial charge in [-0.25, -0.2) is 0 Å². The van der Waals surface area contributed by atoms with Gasteiger partial charge in [0.1, 0.15) is 16.7 Å². The number of hydrogen-bond acceptors (Lipinski definition) is 11. The third kappa shape index (κ3) is 4.45. The highest BCUT2D eigenvalue weighted by atomic mass is 32.3. The number of hydrogen-bond donors (Lipinski definition) is 3. The lowest BCUT2D eigenvalue weighted by Crippen LogP contribution is -2.13. The predicted molar refractivity (Wildman–Crippen MR) is 119 cm³/mol. The normalized spacial score (nSPS) is 16.7. The van der Waals surface area contributed by atoms with Crippen molar-refractivity contribution >= 4 is 27.1 Å². The molecule has 0 spiro atoms. The minimum atomic E-state index is -5.04. The second kappa shape index (κ2) is 8.11. The summed E-state index contributed by atoms with van der Waals surface area (Å²) in [4.78, 5) is 23.7. The zero-order valence-corrected chi connectivity index (χ0v) is 19.3. The average Bonchev–Trinajstić information content (AvgIpc) is 3.36. The Morgan fingerprint density at radius 2 is 1.86 bits per heavy atom. The molecule has 1 fully saturated rings. The standard InChI is InChI=1S/C21H19NO12S/c1-21(2)15(33-21)7-10-14(34-35(28,29)30)8-12(23)16-17(24)18(25)19(32-20(10)16)9-4-5-13(31-3)11(6-9)22(26)27/h4-6,8,15,23,25H,7H2,1-3H3,(H,28,29,30). The zero-order chi connectivity index (χ0) is 25.9. The highest BCUT2D eigenvalue weighted by Crippen LogP contribution is 2.45. The summed E-state index contributed by atoms with van der Waals surface area (Å²) in [7, 11) is -3.82. The molecule has 2 aromatic carbocycles. The summed E-state index contributed by atoms with van der Waals surface area (Å²) in [5, 5.41) is 31.9. The van der Waals surface area contributed by atoms with Crippen molar-refractivity contribution in [1.82, 2.24) is 0 Å². The lowest BCUT2D eigenvalue weighted by atomic mass is 9.98. The minimum Gasteiger partial charge on any atom is -0.507 e. The van der Waals surface area contributed by atoms with Gasteiger partial charge in [0.05, 0.1) is 23.7 Å². The Bertz CT molecular complexity index is 1540. The Hall–Kier alpha value is -3.88. The van der Waals surface area contributed by atoms with Gasteiger partial charge in [-0.05, 0) is 26.0 Å². The van der Waals surface area contributed by atoms with Gasteiger partial charge in [0.2, 0.25) is 11.2 Å². The van der Waals surface area contributed by atoms with Gasteiger partial charge in [-0.2, -0.15) is 8.42 Å². The van der Waals surface area contributed by atoms with Gasteiger partial charge in [0.25, 0.3) is 0 Å². The number of nitrogens with zero attached hydrogens (tertiary/aromatic N) is 1. The average molecular weight is 509 g/mol.